The zero-order valence-electron chi connectivity index (χ0n) is 15.2. The van der Waals surface area contributed by atoms with E-state index in [0.717, 1.165) is 38.5 Å². The summed E-state index contributed by atoms with van der Waals surface area (Å²) < 4.78 is 5.44. The Labute approximate surface area is 140 Å². The lowest BCUT2D eigenvalue weighted by Crippen LogP contribution is -2.59. The van der Waals surface area contributed by atoms with Crippen LogP contribution in [0.15, 0.2) is 0 Å². The fourth-order valence-corrected chi connectivity index (χ4v) is 3.05. The summed E-state index contributed by atoms with van der Waals surface area (Å²) in [5.74, 6) is 0.194. The summed E-state index contributed by atoms with van der Waals surface area (Å²) in [5.41, 5.74) is -0.362. The molecule has 5 nitrogen and oxygen atoms in total. The van der Waals surface area contributed by atoms with Crippen molar-refractivity contribution in [3.63, 3.8) is 0 Å². The van der Waals surface area contributed by atoms with Gasteiger partial charge in [-0.15, -0.1) is 0 Å². The van der Waals surface area contributed by atoms with E-state index in [2.05, 4.69) is 24.5 Å². The third-order valence-corrected chi connectivity index (χ3v) is 4.78. The molecule has 2 atom stereocenters. The lowest BCUT2D eigenvalue weighted by Gasteiger charge is -2.39. The van der Waals surface area contributed by atoms with Gasteiger partial charge in [0.25, 0.3) is 0 Å². The molecular weight excluding hydrogens is 292 g/mol. The van der Waals surface area contributed by atoms with Crippen molar-refractivity contribution in [2.24, 2.45) is 11.8 Å². The first-order chi connectivity index (χ1) is 10.9. The monoisotopic (exact) mass is 326 g/mol. The number of hydrogen-bond donors (Lipinski definition) is 2. The molecule has 0 saturated carbocycles. The molecule has 0 aromatic carbocycles. The Morgan fingerprint density at radius 2 is 1.52 bits per heavy atom. The molecule has 2 N–H and O–H groups in total. The molecule has 0 bridgehead atoms. The fraction of sp³-hybridized carbons (Fsp3) is 0.889. The standard InChI is InChI=1S/C18H34N2O3/c1-5-7-14(3)16(21)19-13-18(9-11-23-12-10-18)20-17(22)15(4)8-6-2/h14-15H,5-13H2,1-4H3,(H,19,21)(H,20,22). The number of rotatable bonds is 9. The molecule has 2 unspecified atom stereocenters. The first-order valence-corrected chi connectivity index (χ1v) is 9.11. The lowest BCUT2D eigenvalue weighted by atomic mass is 9.88. The minimum absolute atomic E-state index is 0.00874. The molecule has 2 amide bonds. The van der Waals surface area contributed by atoms with Gasteiger partial charge in [0.05, 0.1) is 5.54 Å². The molecule has 0 radical (unpaired) electrons. The highest BCUT2D eigenvalue weighted by Gasteiger charge is 2.35. The van der Waals surface area contributed by atoms with Crippen LogP contribution in [0.2, 0.25) is 0 Å². The van der Waals surface area contributed by atoms with E-state index in [4.69, 9.17) is 4.74 Å². The molecule has 1 aliphatic rings. The summed E-state index contributed by atoms with van der Waals surface area (Å²) in [6.45, 7) is 9.84. The summed E-state index contributed by atoms with van der Waals surface area (Å²) in [7, 11) is 0. The van der Waals surface area contributed by atoms with Crippen molar-refractivity contribution in [2.45, 2.75) is 71.8 Å². The molecule has 1 aliphatic heterocycles. The van der Waals surface area contributed by atoms with Crippen molar-refractivity contribution in [3.05, 3.63) is 0 Å². The van der Waals surface area contributed by atoms with Gasteiger partial charge in [0.2, 0.25) is 11.8 Å². The number of ether oxygens (including phenoxy) is 1. The first-order valence-electron chi connectivity index (χ1n) is 9.11. The van der Waals surface area contributed by atoms with Gasteiger partial charge in [-0.25, -0.2) is 0 Å². The smallest absolute Gasteiger partial charge is 0.223 e. The molecule has 23 heavy (non-hydrogen) atoms. The Hall–Kier alpha value is -1.10. The van der Waals surface area contributed by atoms with Crippen molar-refractivity contribution in [2.75, 3.05) is 19.8 Å². The highest BCUT2D eigenvalue weighted by Crippen LogP contribution is 2.21. The maximum Gasteiger partial charge on any atom is 0.223 e. The number of carbonyl (C=O) groups is 2. The molecule has 5 heteroatoms. The van der Waals surface area contributed by atoms with Crippen LogP contribution in [0.3, 0.4) is 0 Å². The molecule has 1 rings (SSSR count). The summed E-state index contributed by atoms with van der Waals surface area (Å²) in [5, 5.41) is 6.25. The predicted octanol–water partition coefficient (Wildman–Crippen LogP) is 2.64. The van der Waals surface area contributed by atoms with E-state index < -0.39 is 0 Å². The normalized spacial score (nSPS) is 19.7. The zero-order valence-corrected chi connectivity index (χ0v) is 15.2. The first kappa shape index (κ1) is 19.9. The Kier molecular flexibility index (Phi) is 8.59. The Balaban J connectivity index is 2.63. The fourth-order valence-electron chi connectivity index (χ4n) is 3.05. The summed E-state index contributed by atoms with van der Waals surface area (Å²) in [4.78, 5) is 24.6. The zero-order chi connectivity index (χ0) is 17.3. The molecule has 0 aliphatic carbocycles. The largest absolute Gasteiger partial charge is 0.381 e. The van der Waals surface area contributed by atoms with E-state index in [1.54, 1.807) is 0 Å². The molecule has 0 aromatic rings. The van der Waals surface area contributed by atoms with E-state index in [1.807, 2.05) is 13.8 Å². The van der Waals surface area contributed by atoms with Gasteiger partial charge in [0.15, 0.2) is 0 Å². The topological polar surface area (TPSA) is 67.4 Å². The quantitative estimate of drug-likeness (QED) is 0.684. The van der Waals surface area contributed by atoms with Gasteiger partial charge in [-0.05, 0) is 25.7 Å². The van der Waals surface area contributed by atoms with Gasteiger partial charge in [0.1, 0.15) is 0 Å². The van der Waals surface area contributed by atoms with Gasteiger partial charge >= 0.3 is 0 Å². The van der Waals surface area contributed by atoms with Gasteiger partial charge in [0, 0.05) is 31.6 Å². The molecule has 1 heterocycles. The van der Waals surface area contributed by atoms with Crippen LogP contribution in [-0.2, 0) is 14.3 Å². The van der Waals surface area contributed by atoms with Gasteiger partial charge in [-0.2, -0.15) is 0 Å². The molecule has 1 saturated heterocycles. The highest BCUT2D eigenvalue weighted by atomic mass is 16.5. The van der Waals surface area contributed by atoms with Crippen LogP contribution < -0.4 is 10.6 Å². The molecule has 0 spiro atoms. The lowest BCUT2D eigenvalue weighted by molar-refractivity contribution is -0.130. The van der Waals surface area contributed by atoms with E-state index in [0.29, 0.717) is 19.8 Å². The number of amides is 2. The third-order valence-electron chi connectivity index (χ3n) is 4.78. The average molecular weight is 326 g/mol. The summed E-state index contributed by atoms with van der Waals surface area (Å²) in [6.07, 6.45) is 5.27. The number of hydrogen-bond acceptors (Lipinski definition) is 3. The minimum atomic E-state index is -0.362. The number of nitrogens with one attached hydrogen (secondary N) is 2. The summed E-state index contributed by atoms with van der Waals surface area (Å²) >= 11 is 0. The second-order valence-corrected chi connectivity index (χ2v) is 6.98. The van der Waals surface area contributed by atoms with Crippen LogP contribution in [0.5, 0.6) is 0 Å². The average Bonchev–Trinajstić information content (AvgIpc) is 2.54. The van der Waals surface area contributed by atoms with Crippen molar-refractivity contribution < 1.29 is 14.3 Å². The van der Waals surface area contributed by atoms with Crippen molar-refractivity contribution in [1.29, 1.82) is 0 Å². The summed E-state index contributed by atoms with van der Waals surface area (Å²) in [6, 6.07) is 0. The second-order valence-electron chi connectivity index (χ2n) is 6.98. The Bertz CT molecular complexity index is 378. The third kappa shape index (κ3) is 6.50. The van der Waals surface area contributed by atoms with E-state index >= 15 is 0 Å². The SMILES string of the molecule is CCCC(C)C(=O)NCC1(NC(=O)C(C)CCC)CCOCC1. The Morgan fingerprint density at radius 3 is 2.04 bits per heavy atom. The van der Waals surface area contributed by atoms with Crippen molar-refractivity contribution in [1.82, 2.24) is 10.6 Å². The van der Waals surface area contributed by atoms with Crippen molar-refractivity contribution in [3.8, 4) is 0 Å². The van der Waals surface area contributed by atoms with E-state index in [-0.39, 0.29) is 29.2 Å². The Morgan fingerprint density at radius 1 is 1.00 bits per heavy atom. The van der Waals surface area contributed by atoms with E-state index in [1.165, 1.54) is 0 Å². The van der Waals surface area contributed by atoms with Gasteiger partial charge in [-0.3, -0.25) is 9.59 Å². The van der Waals surface area contributed by atoms with Crippen LogP contribution in [0.25, 0.3) is 0 Å². The number of carbonyl (C=O) groups excluding carboxylic acids is 2. The molecule has 0 aromatic heterocycles. The maximum absolute atomic E-state index is 12.4. The van der Waals surface area contributed by atoms with Gasteiger partial charge < -0.3 is 15.4 Å². The van der Waals surface area contributed by atoms with E-state index in [9.17, 15) is 9.59 Å². The minimum Gasteiger partial charge on any atom is -0.381 e. The van der Waals surface area contributed by atoms with Crippen LogP contribution in [0.4, 0.5) is 0 Å². The molecule has 134 valence electrons. The van der Waals surface area contributed by atoms with Crippen LogP contribution in [0, 0.1) is 11.8 Å². The maximum atomic E-state index is 12.4. The van der Waals surface area contributed by atoms with Crippen LogP contribution >= 0.6 is 0 Å². The molecule has 1 fully saturated rings. The molecular formula is C18H34N2O3. The van der Waals surface area contributed by atoms with Crippen molar-refractivity contribution >= 4 is 11.8 Å². The predicted molar refractivity (Wildman–Crippen MR) is 92.1 cm³/mol. The van der Waals surface area contributed by atoms with Crippen LogP contribution in [0.1, 0.15) is 66.2 Å². The highest BCUT2D eigenvalue weighted by molar-refractivity contribution is 5.80. The second kappa shape index (κ2) is 9.91. The van der Waals surface area contributed by atoms with Crippen LogP contribution in [-0.4, -0.2) is 37.1 Å². The van der Waals surface area contributed by atoms with Gasteiger partial charge in [-0.1, -0.05) is 40.5 Å².